The molecule has 1 atom stereocenters. The molecule has 0 unspecified atom stereocenters. The highest BCUT2D eigenvalue weighted by atomic mass is 16.4. The molecule has 0 fully saturated rings. The second-order valence-corrected chi connectivity index (χ2v) is 7.13. The minimum atomic E-state index is -0.688. The Balaban J connectivity index is 1.50. The monoisotopic (exact) mass is 412 g/mol. The quantitative estimate of drug-likeness (QED) is 0.471. The lowest BCUT2D eigenvalue weighted by Crippen LogP contribution is -2.30. The molecule has 0 saturated heterocycles. The summed E-state index contributed by atoms with van der Waals surface area (Å²) in [5.41, 5.74) is 1.63. The van der Waals surface area contributed by atoms with Crippen molar-refractivity contribution >= 4 is 28.5 Å². The fourth-order valence-electron chi connectivity index (χ4n) is 3.26. The summed E-state index contributed by atoms with van der Waals surface area (Å²) < 4.78 is 5.24. The van der Waals surface area contributed by atoms with Crippen LogP contribution in [0.5, 0.6) is 0 Å². The number of carbonyl (C=O) groups excluding carboxylic acids is 2. The molecule has 0 radical (unpaired) electrons. The molecule has 0 bridgehead atoms. The number of benzene rings is 3. The molecular formula is C25H20N2O4. The van der Waals surface area contributed by atoms with Gasteiger partial charge in [0.15, 0.2) is 0 Å². The average Bonchev–Trinajstić information content (AvgIpc) is 2.79. The Morgan fingerprint density at radius 3 is 2.39 bits per heavy atom. The molecule has 3 aromatic carbocycles. The maximum absolute atomic E-state index is 12.7. The zero-order chi connectivity index (χ0) is 21.8. The van der Waals surface area contributed by atoms with Crippen LogP contribution >= 0.6 is 0 Å². The van der Waals surface area contributed by atoms with Crippen LogP contribution in [0.15, 0.2) is 94.1 Å². The minimum Gasteiger partial charge on any atom is -0.422 e. The Bertz CT molecular complexity index is 1310. The third-order valence-corrected chi connectivity index (χ3v) is 4.91. The molecule has 154 valence electrons. The Labute approximate surface area is 178 Å². The van der Waals surface area contributed by atoms with E-state index in [1.165, 1.54) is 6.07 Å². The zero-order valence-corrected chi connectivity index (χ0v) is 16.8. The summed E-state index contributed by atoms with van der Waals surface area (Å²) in [7, 11) is 0. The zero-order valence-electron chi connectivity index (χ0n) is 16.8. The third kappa shape index (κ3) is 4.53. The largest absolute Gasteiger partial charge is 0.422 e. The van der Waals surface area contributed by atoms with E-state index in [0.717, 1.165) is 5.56 Å². The summed E-state index contributed by atoms with van der Waals surface area (Å²) in [5, 5.41) is 6.34. The molecule has 4 rings (SSSR count). The second kappa shape index (κ2) is 8.67. The number of carbonyl (C=O) groups is 2. The SMILES string of the molecule is C[C@H](NC(=O)c1cc2ccccc2oc1=O)c1cccc(NC(=O)c2ccccc2)c1. The van der Waals surface area contributed by atoms with Gasteiger partial charge in [-0.05, 0) is 48.9 Å². The van der Waals surface area contributed by atoms with Crippen LogP contribution in [0, 0.1) is 0 Å². The van der Waals surface area contributed by atoms with Gasteiger partial charge in [-0.3, -0.25) is 9.59 Å². The lowest BCUT2D eigenvalue weighted by atomic mass is 10.1. The van der Waals surface area contributed by atoms with Gasteiger partial charge in [0, 0.05) is 16.6 Å². The fraction of sp³-hybridized carbons (Fsp3) is 0.0800. The van der Waals surface area contributed by atoms with Gasteiger partial charge in [-0.25, -0.2) is 4.79 Å². The van der Waals surface area contributed by atoms with Gasteiger partial charge in [0.05, 0.1) is 6.04 Å². The van der Waals surface area contributed by atoms with Gasteiger partial charge in [0.25, 0.3) is 11.8 Å². The van der Waals surface area contributed by atoms with E-state index in [1.807, 2.05) is 18.2 Å². The smallest absolute Gasteiger partial charge is 0.349 e. The number of para-hydroxylation sites is 1. The first-order valence-electron chi connectivity index (χ1n) is 9.81. The van der Waals surface area contributed by atoms with E-state index in [0.29, 0.717) is 22.2 Å². The van der Waals surface area contributed by atoms with Crippen molar-refractivity contribution < 1.29 is 14.0 Å². The maximum Gasteiger partial charge on any atom is 0.349 e. The molecule has 2 N–H and O–H groups in total. The molecule has 1 aromatic heterocycles. The summed E-state index contributed by atoms with van der Waals surface area (Å²) in [6.07, 6.45) is 0. The molecule has 2 amide bonds. The topological polar surface area (TPSA) is 88.4 Å². The van der Waals surface area contributed by atoms with Gasteiger partial charge in [-0.2, -0.15) is 0 Å². The van der Waals surface area contributed by atoms with Crippen LogP contribution in [0.25, 0.3) is 11.0 Å². The Kier molecular flexibility index (Phi) is 5.62. The van der Waals surface area contributed by atoms with Crippen molar-refractivity contribution in [2.24, 2.45) is 0 Å². The first-order chi connectivity index (χ1) is 15.0. The Morgan fingerprint density at radius 2 is 1.58 bits per heavy atom. The van der Waals surface area contributed by atoms with Gasteiger partial charge in [0.1, 0.15) is 11.1 Å². The second-order valence-electron chi connectivity index (χ2n) is 7.13. The van der Waals surface area contributed by atoms with Crippen molar-refractivity contribution in [3.8, 4) is 0 Å². The van der Waals surface area contributed by atoms with Crippen LogP contribution in [0.1, 0.15) is 39.2 Å². The normalized spacial score (nSPS) is 11.6. The van der Waals surface area contributed by atoms with E-state index in [4.69, 9.17) is 4.42 Å². The predicted octanol–water partition coefficient (Wildman–Crippen LogP) is 4.54. The van der Waals surface area contributed by atoms with Crippen LogP contribution in [0.3, 0.4) is 0 Å². The lowest BCUT2D eigenvalue weighted by Gasteiger charge is -2.15. The number of rotatable bonds is 5. The highest BCUT2D eigenvalue weighted by molar-refractivity contribution is 6.04. The predicted molar refractivity (Wildman–Crippen MR) is 119 cm³/mol. The number of nitrogens with one attached hydrogen (secondary N) is 2. The van der Waals surface area contributed by atoms with Gasteiger partial charge >= 0.3 is 5.63 Å². The van der Waals surface area contributed by atoms with Gasteiger partial charge in [-0.1, -0.05) is 48.5 Å². The highest BCUT2D eigenvalue weighted by Crippen LogP contribution is 2.19. The molecule has 0 aliphatic heterocycles. The van der Waals surface area contributed by atoms with E-state index in [-0.39, 0.29) is 11.5 Å². The summed E-state index contributed by atoms with van der Waals surface area (Å²) >= 11 is 0. The number of anilines is 1. The van der Waals surface area contributed by atoms with Crippen LogP contribution in [0.2, 0.25) is 0 Å². The van der Waals surface area contributed by atoms with Crippen molar-refractivity contribution in [1.82, 2.24) is 5.32 Å². The minimum absolute atomic E-state index is 0.0564. The highest BCUT2D eigenvalue weighted by Gasteiger charge is 2.17. The van der Waals surface area contributed by atoms with E-state index in [9.17, 15) is 14.4 Å². The average molecular weight is 412 g/mol. The fourth-order valence-corrected chi connectivity index (χ4v) is 3.26. The summed E-state index contributed by atoms with van der Waals surface area (Å²) in [4.78, 5) is 37.3. The van der Waals surface area contributed by atoms with Gasteiger partial charge in [0.2, 0.25) is 0 Å². The Hall–Kier alpha value is -4.19. The van der Waals surface area contributed by atoms with Crippen molar-refractivity contribution in [3.05, 3.63) is 112 Å². The summed E-state index contributed by atoms with van der Waals surface area (Å²) in [5.74, 6) is -0.742. The van der Waals surface area contributed by atoms with Crippen molar-refractivity contribution in [2.45, 2.75) is 13.0 Å². The summed E-state index contributed by atoms with van der Waals surface area (Å²) in [6.45, 7) is 1.80. The van der Waals surface area contributed by atoms with Gasteiger partial charge in [-0.15, -0.1) is 0 Å². The van der Waals surface area contributed by atoms with Crippen molar-refractivity contribution in [1.29, 1.82) is 0 Å². The molecule has 31 heavy (non-hydrogen) atoms. The van der Waals surface area contributed by atoms with Crippen LogP contribution in [0.4, 0.5) is 5.69 Å². The summed E-state index contributed by atoms with van der Waals surface area (Å²) in [6, 6.07) is 24.3. The number of hydrogen-bond donors (Lipinski definition) is 2. The van der Waals surface area contributed by atoms with Crippen LogP contribution in [-0.2, 0) is 0 Å². The van der Waals surface area contributed by atoms with Crippen molar-refractivity contribution in [2.75, 3.05) is 5.32 Å². The molecular weight excluding hydrogens is 392 g/mol. The first kappa shape index (κ1) is 20.1. The molecule has 0 aliphatic carbocycles. The molecule has 0 spiro atoms. The third-order valence-electron chi connectivity index (χ3n) is 4.91. The van der Waals surface area contributed by atoms with E-state index in [1.54, 1.807) is 67.6 Å². The standard InChI is InChI=1S/C25H20N2O4/c1-16(26-24(29)21-15-19-10-5-6-13-22(19)31-25(21)30)18-11-7-12-20(14-18)27-23(28)17-8-3-2-4-9-17/h2-16H,1H3,(H,26,29)(H,27,28)/t16-/m0/s1. The molecule has 4 aromatic rings. The maximum atomic E-state index is 12.7. The van der Waals surface area contributed by atoms with E-state index >= 15 is 0 Å². The van der Waals surface area contributed by atoms with Crippen molar-refractivity contribution in [3.63, 3.8) is 0 Å². The molecule has 6 nitrogen and oxygen atoms in total. The van der Waals surface area contributed by atoms with Crippen LogP contribution in [-0.4, -0.2) is 11.8 Å². The van der Waals surface area contributed by atoms with E-state index in [2.05, 4.69) is 10.6 Å². The number of fused-ring (bicyclic) bond motifs is 1. The Morgan fingerprint density at radius 1 is 0.839 bits per heavy atom. The molecule has 1 heterocycles. The number of amides is 2. The van der Waals surface area contributed by atoms with Crippen LogP contribution < -0.4 is 16.3 Å². The molecule has 6 heteroatoms. The van der Waals surface area contributed by atoms with Gasteiger partial charge < -0.3 is 15.1 Å². The first-order valence-corrected chi connectivity index (χ1v) is 9.81. The number of hydrogen-bond acceptors (Lipinski definition) is 4. The van der Waals surface area contributed by atoms with E-state index < -0.39 is 17.6 Å². The lowest BCUT2D eigenvalue weighted by molar-refractivity contribution is 0.0935. The molecule has 0 aliphatic rings. The molecule has 0 saturated carbocycles.